The molecule has 2 heterocycles. The van der Waals surface area contributed by atoms with E-state index in [9.17, 15) is 4.79 Å². The Labute approximate surface area is 226 Å². The summed E-state index contributed by atoms with van der Waals surface area (Å²) in [6.45, 7) is 5.04. The van der Waals surface area contributed by atoms with Gasteiger partial charge in [0.05, 0.1) is 0 Å². The van der Waals surface area contributed by atoms with Crippen LogP contribution in [0.2, 0.25) is 10.0 Å². The van der Waals surface area contributed by atoms with Gasteiger partial charge in [-0.1, -0.05) is 61.3 Å². The van der Waals surface area contributed by atoms with Gasteiger partial charge in [0.25, 0.3) is 0 Å². The topological polar surface area (TPSA) is 108 Å². The maximum Gasteiger partial charge on any atom is 0.242 e. The molecule has 192 valence electrons. The molecule has 0 bridgehead atoms. The molecule has 0 saturated heterocycles. The lowest BCUT2D eigenvalue weighted by molar-refractivity contribution is -0.122. The minimum absolute atomic E-state index is 0.116. The van der Waals surface area contributed by atoms with Gasteiger partial charge in [-0.25, -0.2) is 9.97 Å². The van der Waals surface area contributed by atoms with Gasteiger partial charge in [-0.05, 0) is 47.7 Å². The van der Waals surface area contributed by atoms with Crippen molar-refractivity contribution in [3.63, 3.8) is 0 Å². The van der Waals surface area contributed by atoms with Crippen LogP contribution in [0.3, 0.4) is 0 Å². The third-order valence-corrected chi connectivity index (χ3v) is 6.02. The first-order valence-corrected chi connectivity index (χ1v) is 12.8. The van der Waals surface area contributed by atoms with Gasteiger partial charge in [0.15, 0.2) is 5.82 Å². The smallest absolute Gasteiger partial charge is 0.242 e. The molecular formula is C27H29Cl2N7O. The third kappa shape index (κ3) is 7.93. The Hall–Kier alpha value is -3.62. The Bertz CT molecular complexity index is 1310. The second kappa shape index (κ2) is 12.6. The number of hydrogen-bond acceptors (Lipinski definition) is 6. The molecule has 10 heteroatoms. The van der Waals surface area contributed by atoms with E-state index in [4.69, 9.17) is 23.2 Å². The Morgan fingerprint density at radius 2 is 1.78 bits per heavy atom. The van der Waals surface area contributed by atoms with Crippen molar-refractivity contribution in [2.75, 3.05) is 10.6 Å². The van der Waals surface area contributed by atoms with E-state index in [2.05, 4.69) is 49.7 Å². The number of carbonyl (C=O) groups excluding carboxylic acids is 1. The lowest BCUT2D eigenvalue weighted by Crippen LogP contribution is -2.40. The first kappa shape index (κ1) is 26.4. The second-order valence-corrected chi connectivity index (χ2v) is 9.93. The van der Waals surface area contributed by atoms with Crippen molar-refractivity contribution in [3.8, 4) is 11.5 Å². The molecule has 1 unspecified atom stereocenters. The molecule has 0 spiro atoms. The van der Waals surface area contributed by atoms with Gasteiger partial charge in [0, 0.05) is 41.6 Å². The molecule has 0 radical (unpaired) electrons. The molecule has 4 aromatic rings. The van der Waals surface area contributed by atoms with Gasteiger partial charge in [-0.15, -0.1) is 0 Å². The number of rotatable bonds is 11. The maximum atomic E-state index is 13.2. The highest BCUT2D eigenvalue weighted by Crippen LogP contribution is 2.21. The summed E-state index contributed by atoms with van der Waals surface area (Å²) in [7, 11) is 0. The Morgan fingerprint density at radius 3 is 2.49 bits per heavy atom. The molecule has 0 fully saturated rings. The molecule has 0 aliphatic heterocycles. The Balaban J connectivity index is 1.53. The van der Waals surface area contributed by atoms with E-state index >= 15 is 0 Å². The largest absolute Gasteiger partial charge is 0.358 e. The summed E-state index contributed by atoms with van der Waals surface area (Å²) in [6.07, 6.45) is 4.02. The van der Waals surface area contributed by atoms with E-state index in [0.717, 1.165) is 11.1 Å². The quantitative estimate of drug-likeness (QED) is 0.189. The zero-order valence-corrected chi connectivity index (χ0v) is 22.1. The van der Waals surface area contributed by atoms with Crippen molar-refractivity contribution < 1.29 is 4.79 Å². The SMILES string of the molecule is CC(C)CC(Nc1cc(-c2ncc[nH]2)nc(NCc2cccc(Cl)c2)n1)C(=O)NCc1ccc(Cl)cc1. The van der Waals surface area contributed by atoms with Crippen LogP contribution < -0.4 is 16.0 Å². The van der Waals surface area contributed by atoms with Crippen molar-refractivity contribution >= 4 is 40.9 Å². The first-order chi connectivity index (χ1) is 17.9. The number of anilines is 2. The summed E-state index contributed by atoms with van der Waals surface area (Å²) in [5.41, 5.74) is 2.56. The van der Waals surface area contributed by atoms with Gasteiger partial charge < -0.3 is 20.9 Å². The average Bonchev–Trinajstić information content (AvgIpc) is 3.42. The van der Waals surface area contributed by atoms with Crippen LogP contribution >= 0.6 is 23.2 Å². The van der Waals surface area contributed by atoms with Crippen molar-refractivity contribution in [2.45, 2.75) is 39.4 Å². The summed E-state index contributed by atoms with van der Waals surface area (Å²) < 4.78 is 0. The lowest BCUT2D eigenvalue weighted by Gasteiger charge is -2.21. The average molecular weight is 538 g/mol. The fourth-order valence-electron chi connectivity index (χ4n) is 3.75. The summed E-state index contributed by atoms with van der Waals surface area (Å²) >= 11 is 12.1. The number of benzene rings is 2. The molecule has 0 aliphatic carbocycles. The van der Waals surface area contributed by atoms with Crippen molar-refractivity contribution in [3.05, 3.63) is 88.2 Å². The summed E-state index contributed by atoms with van der Waals surface area (Å²) in [5.74, 6) is 1.69. The van der Waals surface area contributed by atoms with Crippen LogP contribution in [-0.2, 0) is 17.9 Å². The third-order valence-electron chi connectivity index (χ3n) is 5.53. The van der Waals surface area contributed by atoms with Gasteiger partial charge >= 0.3 is 0 Å². The second-order valence-electron chi connectivity index (χ2n) is 9.05. The predicted octanol–water partition coefficient (Wildman–Crippen LogP) is 5.93. The van der Waals surface area contributed by atoms with E-state index in [-0.39, 0.29) is 11.8 Å². The van der Waals surface area contributed by atoms with Crippen LogP contribution in [-0.4, -0.2) is 31.9 Å². The summed E-state index contributed by atoms with van der Waals surface area (Å²) in [4.78, 5) is 29.8. The molecule has 2 aromatic carbocycles. The minimum atomic E-state index is -0.493. The van der Waals surface area contributed by atoms with E-state index in [1.807, 2.05) is 48.5 Å². The molecule has 1 atom stereocenters. The van der Waals surface area contributed by atoms with Crippen LogP contribution in [0.25, 0.3) is 11.5 Å². The lowest BCUT2D eigenvalue weighted by atomic mass is 10.0. The van der Waals surface area contributed by atoms with Gasteiger partial charge in [-0.2, -0.15) is 4.98 Å². The summed E-state index contributed by atoms with van der Waals surface area (Å²) in [6, 6.07) is 16.3. The maximum absolute atomic E-state index is 13.2. The fraction of sp³-hybridized carbons (Fsp3) is 0.259. The number of imidazole rings is 1. The van der Waals surface area contributed by atoms with E-state index in [1.54, 1.807) is 18.5 Å². The number of aromatic amines is 1. The summed E-state index contributed by atoms with van der Waals surface area (Å²) in [5, 5.41) is 10.9. The molecule has 37 heavy (non-hydrogen) atoms. The molecule has 1 amide bonds. The van der Waals surface area contributed by atoms with Crippen LogP contribution in [0.5, 0.6) is 0 Å². The van der Waals surface area contributed by atoms with Crippen molar-refractivity contribution in [1.82, 2.24) is 25.3 Å². The van der Waals surface area contributed by atoms with Crippen LogP contribution in [0.4, 0.5) is 11.8 Å². The van der Waals surface area contributed by atoms with Crippen molar-refractivity contribution in [2.24, 2.45) is 5.92 Å². The fourth-order valence-corrected chi connectivity index (χ4v) is 4.09. The monoisotopic (exact) mass is 537 g/mol. The number of aromatic nitrogens is 4. The van der Waals surface area contributed by atoms with Crippen LogP contribution in [0.1, 0.15) is 31.4 Å². The molecule has 4 rings (SSSR count). The molecule has 8 nitrogen and oxygen atoms in total. The highest BCUT2D eigenvalue weighted by atomic mass is 35.5. The molecule has 2 aromatic heterocycles. The van der Waals surface area contributed by atoms with E-state index in [1.165, 1.54) is 0 Å². The zero-order chi connectivity index (χ0) is 26.2. The van der Waals surface area contributed by atoms with Gasteiger partial charge in [-0.3, -0.25) is 4.79 Å². The number of nitrogens with one attached hydrogen (secondary N) is 4. The first-order valence-electron chi connectivity index (χ1n) is 12.0. The van der Waals surface area contributed by atoms with E-state index in [0.29, 0.717) is 52.8 Å². The van der Waals surface area contributed by atoms with Crippen molar-refractivity contribution in [1.29, 1.82) is 0 Å². The van der Waals surface area contributed by atoms with Gasteiger partial charge in [0.2, 0.25) is 11.9 Å². The zero-order valence-electron chi connectivity index (χ0n) is 20.6. The highest BCUT2D eigenvalue weighted by Gasteiger charge is 2.21. The number of hydrogen-bond donors (Lipinski definition) is 4. The number of halogens is 2. The highest BCUT2D eigenvalue weighted by molar-refractivity contribution is 6.30. The Morgan fingerprint density at radius 1 is 0.973 bits per heavy atom. The normalized spacial score (nSPS) is 11.8. The number of H-pyrrole nitrogens is 1. The number of carbonyl (C=O) groups is 1. The standard InChI is InChI=1S/C27H29Cl2N7O/c1-17(2)12-23(26(37)32-15-18-6-8-20(28)9-7-18)34-24-14-22(25-30-10-11-31-25)35-27(36-24)33-16-19-4-3-5-21(29)13-19/h3-11,13-14,17,23H,12,15-16H2,1-2H3,(H,30,31)(H,32,37)(H2,33,34,35,36). The molecular weight excluding hydrogens is 509 g/mol. The Kier molecular flexibility index (Phi) is 8.98. The van der Waals surface area contributed by atoms with Crippen LogP contribution in [0.15, 0.2) is 67.0 Å². The number of nitrogens with zero attached hydrogens (tertiary/aromatic N) is 3. The minimum Gasteiger partial charge on any atom is -0.358 e. The number of amides is 1. The molecule has 0 aliphatic rings. The molecule has 0 saturated carbocycles. The molecule has 4 N–H and O–H groups in total. The van der Waals surface area contributed by atoms with Crippen LogP contribution in [0, 0.1) is 5.92 Å². The van der Waals surface area contributed by atoms with E-state index < -0.39 is 6.04 Å². The predicted molar refractivity (Wildman–Crippen MR) is 149 cm³/mol. The van der Waals surface area contributed by atoms with Gasteiger partial charge in [0.1, 0.15) is 17.6 Å².